The number of allylic oxidation sites excluding steroid dienone is 1. The Morgan fingerprint density at radius 1 is 1.75 bits per heavy atom. The second-order valence-electron chi connectivity index (χ2n) is 1.92. The van der Waals surface area contributed by atoms with Crippen molar-refractivity contribution in [2.45, 2.75) is 12.5 Å². The van der Waals surface area contributed by atoms with E-state index in [1.54, 1.807) is 0 Å². The molecule has 0 saturated heterocycles. The van der Waals surface area contributed by atoms with Crippen LogP contribution in [0.25, 0.3) is 0 Å². The Bertz CT molecular complexity index is 151. The fraction of sp³-hybridized carbons (Fsp3) is 0.400. The van der Waals surface area contributed by atoms with E-state index in [0.717, 1.165) is 0 Å². The van der Waals surface area contributed by atoms with E-state index in [4.69, 9.17) is 11.5 Å². The quantitative estimate of drug-likeness (QED) is 0.428. The molecule has 3 nitrogen and oxygen atoms in total. The molecule has 0 saturated carbocycles. The third kappa shape index (κ3) is 0.721. The maximum absolute atomic E-state index is 10.4. The molecule has 0 spiro atoms. The van der Waals surface area contributed by atoms with E-state index in [9.17, 15) is 4.79 Å². The molecule has 0 amide bonds. The van der Waals surface area contributed by atoms with Gasteiger partial charge in [0.2, 0.25) is 0 Å². The summed E-state index contributed by atoms with van der Waals surface area (Å²) in [6.07, 6.45) is 1.77. The molecule has 1 aliphatic carbocycles. The minimum absolute atomic E-state index is 0.0370. The van der Waals surface area contributed by atoms with Gasteiger partial charge in [-0.15, -0.1) is 0 Å². The summed E-state index contributed by atoms with van der Waals surface area (Å²) in [6.45, 7) is 0. The minimum atomic E-state index is -0.220. The van der Waals surface area contributed by atoms with Crippen molar-refractivity contribution < 1.29 is 4.79 Å². The highest BCUT2D eigenvalue weighted by Crippen LogP contribution is 2.07. The van der Waals surface area contributed by atoms with Gasteiger partial charge >= 0.3 is 0 Å². The molecule has 4 N–H and O–H groups in total. The summed E-state index contributed by atoms with van der Waals surface area (Å²) >= 11 is 0. The largest absolute Gasteiger partial charge is 0.401 e. The number of carbonyl (C=O) groups is 1. The van der Waals surface area contributed by atoms with Gasteiger partial charge in [0.1, 0.15) is 0 Å². The highest BCUT2D eigenvalue weighted by atomic mass is 16.1. The van der Waals surface area contributed by atoms with Crippen molar-refractivity contribution in [3.05, 3.63) is 11.8 Å². The second kappa shape index (κ2) is 1.59. The van der Waals surface area contributed by atoms with E-state index in [-0.39, 0.29) is 11.8 Å². The summed E-state index contributed by atoms with van der Waals surface area (Å²) in [5.74, 6) is 0.0370. The number of hydrogen-bond acceptors (Lipinski definition) is 3. The smallest absolute Gasteiger partial charge is 0.159 e. The van der Waals surface area contributed by atoms with Gasteiger partial charge in [0.05, 0.1) is 6.04 Å². The summed E-state index contributed by atoms with van der Waals surface area (Å²) in [4.78, 5) is 10.4. The molecule has 0 bridgehead atoms. The van der Waals surface area contributed by atoms with E-state index in [1.165, 1.54) is 6.08 Å². The lowest BCUT2D eigenvalue weighted by atomic mass is 10.2. The van der Waals surface area contributed by atoms with Crippen LogP contribution in [-0.4, -0.2) is 11.8 Å². The van der Waals surface area contributed by atoms with Gasteiger partial charge in [-0.05, 0) is 0 Å². The van der Waals surface area contributed by atoms with Gasteiger partial charge in [-0.1, -0.05) is 0 Å². The summed E-state index contributed by atoms with van der Waals surface area (Å²) in [7, 11) is 0. The molecule has 8 heavy (non-hydrogen) atoms. The Balaban J connectivity index is 2.73. The lowest BCUT2D eigenvalue weighted by molar-refractivity contribution is -0.114. The van der Waals surface area contributed by atoms with Gasteiger partial charge in [0.15, 0.2) is 5.78 Å². The number of rotatable bonds is 0. The fourth-order valence-corrected chi connectivity index (χ4v) is 0.686. The van der Waals surface area contributed by atoms with Crippen molar-refractivity contribution in [2.24, 2.45) is 11.5 Å². The van der Waals surface area contributed by atoms with Gasteiger partial charge < -0.3 is 11.5 Å². The van der Waals surface area contributed by atoms with Crippen molar-refractivity contribution in [2.75, 3.05) is 0 Å². The predicted molar refractivity (Wildman–Crippen MR) is 29.9 cm³/mol. The Morgan fingerprint density at radius 3 is 2.50 bits per heavy atom. The molecule has 0 aromatic carbocycles. The van der Waals surface area contributed by atoms with Gasteiger partial charge in [-0.25, -0.2) is 0 Å². The van der Waals surface area contributed by atoms with Crippen molar-refractivity contribution in [3.8, 4) is 0 Å². The van der Waals surface area contributed by atoms with Crippen LogP contribution in [0.5, 0.6) is 0 Å². The number of hydrogen-bond donors (Lipinski definition) is 2. The number of ketones is 1. The van der Waals surface area contributed by atoms with Crippen molar-refractivity contribution in [1.82, 2.24) is 0 Å². The molecule has 1 unspecified atom stereocenters. The van der Waals surface area contributed by atoms with Crippen molar-refractivity contribution in [3.63, 3.8) is 0 Å². The summed E-state index contributed by atoms with van der Waals surface area (Å²) < 4.78 is 0. The first-order valence-electron chi connectivity index (χ1n) is 2.45. The normalized spacial score (nSPS) is 28.4. The van der Waals surface area contributed by atoms with Crippen molar-refractivity contribution in [1.29, 1.82) is 0 Å². The van der Waals surface area contributed by atoms with Gasteiger partial charge in [-0.3, -0.25) is 4.79 Å². The van der Waals surface area contributed by atoms with Crippen LogP contribution < -0.4 is 11.5 Å². The van der Waals surface area contributed by atoms with Crippen LogP contribution in [0.15, 0.2) is 11.8 Å². The molecule has 0 aromatic rings. The number of nitrogens with two attached hydrogens (primary N) is 2. The van der Waals surface area contributed by atoms with E-state index in [1.807, 2.05) is 0 Å². The molecule has 0 radical (unpaired) electrons. The van der Waals surface area contributed by atoms with Crippen molar-refractivity contribution >= 4 is 5.78 Å². The first-order valence-corrected chi connectivity index (χ1v) is 2.45. The van der Waals surface area contributed by atoms with E-state index >= 15 is 0 Å². The highest BCUT2D eigenvalue weighted by Gasteiger charge is 2.17. The van der Waals surface area contributed by atoms with Crippen LogP contribution in [-0.2, 0) is 4.79 Å². The second-order valence-corrected chi connectivity index (χ2v) is 1.92. The Kier molecular flexibility index (Phi) is 1.06. The average molecular weight is 112 g/mol. The third-order valence-electron chi connectivity index (χ3n) is 1.18. The predicted octanol–water partition coefficient (Wildman–Crippen LogP) is -0.871. The summed E-state index contributed by atoms with van der Waals surface area (Å²) in [5.41, 5.74) is 11.1. The molecule has 0 aliphatic heterocycles. The Morgan fingerprint density at radius 2 is 2.38 bits per heavy atom. The Labute approximate surface area is 47.3 Å². The molecular formula is C5H8N2O. The zero-order valence-corrected chi connectivity index (χ0v) is 4.42. The molecule has 1 atom stereocenters. The van der Waals surface area contributed by atoms with Crippen LogP contribution >= 0.6 is 0 Å². The molecule has 3 heteroatoms. The minimum Gasteiger partial charge on any atom is -0.401 e. The van der Waals surface area contributed by atoms with E-state index in [0.29, 0.717) is 12.1 Å². The lowest BCUT2D eigenvalue weighted by Crippen LogP contribution is -2.23. The van der Waals surface area contributed by atoms with Crippen LogP contribution in [0.3, 0.4) is 0 Å². The summed E-state index contributed by atoms with van der Waals surface area (Å²) in [6, 6.07) is -0.220. The van der Waals surface area contributed by atoms with E-state index in [2.05, 4.69) is 0 Å². The van der Waals surface area contributed by atoms with Gasteiger partial charge in [-0.2, -0.15) is 0 Å². The zero-order valence-electron chi connectivity index (χ0n) is 4.42. The maximum Gasteiger partial charge on any atom is 0.159 e. The molecule has 0 aromatic heterocycles. The molecule has 0 fully saturated rings. The first kappa shape index (κ1) is 5.31. The maximum atomic E-state index is 10.4. The third-order valence-corrected chi connectivity index (χ3v) is 1.18. The summed E-state index contributed by atoms with van der Waals surface area (Å²) in [5, 5.41) is 0. The fourth-order valence-electron chi connectivity index (χ4n) is 0.686. The SMILES string of the molecule is NC1=CC(=O)CC1N. The molecule has 1 rings (SSSR count). The molecule has 1 aliphatic rings. The van der Waals surface area contributed by atoms with Gasteiger partial charge in [0.25, 0.3) is 0 Å². The monoisotopic (exact) mass is 112 g/mol. The number of carbonyl (C=O) groups excluding carboxylic acids is 1. The average Bonchev–Trinajstić information content (AvgIpc) is 1.85. The van der Waals surface area contributed by atoms with Crippen LogP contribution in [0.2, 0.25) is 0 Å². The lowest BCUT2D eigenvalue weighted by Gasteiger charge is -1.98. The molecular weight excluding hydrogens is 104 g/mol. The van der Waals surface area contributed by atoms with E-state index < -0.39 is 0 Å². The first-order chi connectivity index (χ1) is 3.70. The highest BCUT2D eigenvalue weighted by molar-refractivity contribution is 5.93. The van der Waals surface area contributed by atoms with Crippen LogP contribution in [0, 0.1) is 0 Å². The Hall–Kier alpha value is -0.830. The molecule has 44 valence electrons. The standard InChI is InChI=1S/C5H8N2O/c6-4-1-3(8)2-5(4)7/h1,5H,2,6-7H2. The molecule has 0 heterocycles. The van der Waals surface area contributed by atoms with Crippen LogP contribution in [0.1, 0.15) is 6.42 Å². The topological polar surface area (TPSA) is 69.1 Å². The van der Waals surface area contributed by atoms with Crippen LogP contribution in [0.4, 0.5) is 0 Å². The van der Waals surface area contributed by atoms with Gasteiger partial charge in [0, 0.05) is 18.2 Å². The zero-order chi connectivity index (χ0) is 6.15.